The molecule has 7 heteroatoms. The summed E-state index contributed by atoms with van der Waals surface area (Å²) in [6, 6.07) is 8.35. The van der Waals surface area contributed by atoms with Gasteiger partial charge in [-0.05, 0) is 36.8 Å². The minimum absolute atomic E-state index is 0.0533. The summed E-state index contributed by atoms with van der Waals surface area (Å²) in [4.78, 5) is 12.2. The maximum Gasteiger partial charge on any atom is 0.338 e. The van der Waals surface area contributed by atoms with Crippen LogP contribution in [-0.2, 0) is 21.2 Å². The lowest BCUT2D eigenvalue weighted by Gasteiger charge is -2.10. The van der Waals surface area contributed by atoms with Crippen molar-refractivity contribution < 1.29 is 22.3 Å². The molecular weight excluding hydrogens is 387 g/mol. The van der Waals surface area contributed by atoms with E-state index in [1.807, 2.05) is 0 Å². The van der Waals surface area contributed by atoms with Gasteiger partial charge in [-0.1, -0.05) is 28.1 Å². The Kier molecular flexibility index (Phi) is 5.21. The van der Waals surface area contributed by atoms with Gasteiger partial charge in [0.15, 0.2) is 9.84 Å². The first-order valence-corrected chi connectivity index (χ1v) is 9.28. The first-order valence-electron chi connectivity index (χ1n) is 6.60. The van der Waals surface area contributed by atoms with Crippen LogP contribution in [0.15, 0.2) is 45.8 Å². The van der Waals surface area contributed by atoms with E-state index in [-0.39, 0.29) is 17.1 Å². The number of rotatable bonds is 4. The van der Waals surface area contributed by atoms with Crippen molar-refractivity contribution in [3.63, 3.8) is 0 Å². The molecule has 4 nitrogen and oxygen atoms in total. The molecule has 0 aliphatic rings. The summed E-state index contributed by atoms with van der Waals surface area (Å²) in [6.07, 6.45) is 1.07. The number of carbonyl (C=O) groups excluding carboxylic acids is 1. The topological polar surface area (TPSA) is 60.4 Å². The smallest absolute Gasteiger partial charge is 0.338 e. The van der Waals surface area contributed by atoms with Crippen LogP contribution in [0.2, 0.25) is 0 Å². The van der Waals surface area contributed by atoms with Gasteiger partial charge in [-0.2, -0.15) is 0 Å². The Labute approximate surface area is 142 Å². The van der Waals surface area contributed by atoms with Crippen LogP contribution in [0.4, 0.5) is 4.39 Å². The summed E-state index contributed by atoms with van der Waals surface area (Å²) >= 11 is 3.20. The molecule has 0 fully saturated rings. The largest absolute Gasteiger partial charge is 0.457 e. The lowest BCUT2D eigenvalue weighted by Crippen LogP contribution is -2.09. The zero-order valence-electron chi connectivity index (χ0n) is 12.5. The number of esters is 1. The van der Waals surface area contributed by atoms with Gasteiger partial charge in [0.1, 0.15) is 12.4 Å². The van der Waals surface area contributed by atoms with Gasteiger partial charge in [0.2, 0.25) is 0 Å². The molecular formula is C16H14BrFO4S. The van der Waals surface area contributed by atoms with Crippen LogP contribution < -0.4 is 0 Å². The van der Waals surface area contributed by atoms with Crippen LogP contribution in [0.3, 0.4) is 0 Å². The molecule has 2 rings (SSSR count). The third-order valence-corrected chi connectivity index (χ3v) is 5.08. The second kappa shape index (κ2) is 6.80. The Bertz CT molecular complexity index is 862. The maximum absolute atomic E-state index is 13.0. The lowest BCUT2D eigenvalue weighted by atomic mass is 10.1. The van der Waals surface area contributed by atoms with E-state index in [2.05, 4.69) is 15.9 Å². The van der Waals surface area contributed by atoms with Gasteiger partial charge in [-0.15, -0.1) is 0 Å². The van der Waals surface area contributed by atoms with Gasteiger partial charge in [0.05, 0.1) is 10.5 Å². The van der Waals surface area contributed by atoms with Gasteiger partial charge in [-0.3, -0.25) is 0 Å². The summed E-state index contributed by atoms with van der Waals surface area (Å²) in [5.41, 5.74) is 1.41. The lowest BCUT2D eigenvalue weighted by molar-refractivity contribution is 0.0470. The van der Waals surface area contributed by atoms with E-state index >= 15 is 0 Å². The Morgan fingerprint density at radius 2 is 1.91 bits per heavy atom. The van der Waals surface area contributed by atoms with Gasteiger partial charge < -0.3 is 4.74 Å². The molecule has 23 heavy (non-hydrogen) atoms. The van der Waals surface area contributed by atoms with E-state index in [0.717, 1.165) is 6.26 Å². The van der Waals surface area contributed by atoms with E-state index in [4.69, 9.17) is 4.74 Å². The fourth-order valence-electron chi connectivity index (χ4n) is 1.91. The number of ether oxygens (including phenoxy) is 1. The highest BCUT2D eigenvalue weighted by Crippen LogP contribution is 2.21. The molecule has 2 aromatic rings. The van der Waals surface area contributed by atoms with Crippen molar-refractivity contribution in [3.05, 3.63) is 63.4 Å². The summed E-state index contributed by atoms with van der Waals surface area (Å²) < 4.78 is 41.9. The molecule has 0 atom stereocenters. The average molecular weight is 401 g/mol. The molecule has 0 unspecified atom stereocenters. The molecule has 0 N–H and O–H groups in total. The molecule has 0 radical (unpaired) electrons. The molecule has 122 valence electrons. The second-order valence-electron chi connectivity index (χ2n) is 5.06. The highest BCUT2D eigenvalue weighted by molar-refractivity contribution is 9.10. The minimum Gasteiger partial charge on any atom is -0.457 e. The predicted molar refractivity (Wildman–Crippen MR) is 87.5 cm³/mol. The van der Waals surface area contributed by atoms with Gasteiger partial charge in [-0.25, -0.2) is 17.6 Å². The third kappa shape index (κ3) is 4.39. The van der Waals surface area contributed by atoms with Gasteiger partial charge in [0, 0.05) is 16.3 Å². The summed E-state index contributed by atoms with van der Waals surface area (Å²) in [6.45, 7) is 1.64. The predicted octanol–water partition coefficient (Wildman–Crippen LogP) is 3.66. The summed E-state index contributed by atoms with van der Waals surface area (Å²) in [7, 11) is -3.41. The van der Waals surface area contributed by atoms with Crippen molar-refractivity contribution in [1.82, 2.24) is 0 Å². The molecule has 0 saturated carbocycles. The Morgan fingerprint density at radius 1 is 1.22 bits per heavy atom. The maximum atomic E-state index is 13.0. The van der Waals surface area contributed by atoms with Crippen LogP contribution in [0.25, 0.3) is 0 Å². The Hall–Kier alpha value is -1.73. The van der Waals surface area contributed by atoms with Crippen molar-refractivity contribution in [2.24, 2.45) is 0 Å². The number of sulfone groups is 1. The number of benzene rings is 2. The van der Waals surface area contributed by atoms with Crippen molar-refractivity contribution >= 4 is 31.7 Å². The molecule has 0 spiro atoms. The zero-order valence-corrected chi connectivity index (χ0v) is 14.9. The molecule has 0 saturated heterocycles. The van der Waals surface area contributed by atoms with Crippen LogP contribution in [-0.4, -0.2) is 20.6 Å². The Morgan fingerprint density at radius 3 is 2.52 bits per heavy atom. The minimum atomic E-state index is -3.41. The van der Waals surface area contributed by atoms with E-state index in [1.54, 1.807) is 13.0 Å². The van der Waals surface area contributed by atoms with Crippen LogP contribution in [0.5, 0.6) is 0 Å². The number of hydrogen-bond donors (Lipinski definition) is 0. The van der Waals surface area contributed by atoms with Gasteiger partial charge >= 0.3 is 5.97 Å². The van der Waals surface area contributed by atoms with Crippen molar-refractivity contribution in [1.29, 1.82) is 0 Å². The second-order valence-corrected chi connectivity index (χ2v) is 7.93. The van der Waals surface area contributed by atoms with Gasteiger partial charge in [0.25, 0.3) is 0 Å². The first-order chi connectivity index (χ1) is 10.7. The third-order valence-electron chi connectivity index (χ3n) is 3.23. The fraction of sp³-hybridized carbons (Fsp3) is 0.188. The monoisotopic (exact) mass is 400 g/mol. The van der Waals surface area contributed by atoms with Crippen molar-refractivity contribution in [2.45, 2.75) is 18.4 Å². The van der Waals surface area contributed by atoms with Crippen LogP contribution in [0, 0.1) is 12.7 Å². The van der Waals surface area contributed by atoms with E-state index in [9.17, 15) is 17.6 Å². The normalized spacial score (nSPS) is 11.3. The molecule has 0 aliphatic heterocycles. The molecule has 0 heterocycles. The summed E-state index contributed by atoms with van der Waals surface area (Å²) in [5, 5.41) is 0. The highest BCUT2D eigenvalue weighted by Gasteiger charge is 2.16. The van der Waals surface area contributed by atoms with Crippen LogP contribution >= 0.6 is 15.9 Å². The number of halogens is 2. The highest BCUT2D eigenvalue weighted by atomic mass is 79.9. The average Bonchev–Trinajstić information content (AvgIpc) is 2.45. The molecule has 2 aromatic carbocycles. The standard InChI is InChI=1S/C16H14BrFO4S/c1-10-3-6-13(23(2,20)21)8-14(10)16(19)22-9-11-4-5-12(18)7-15(11)17/h3-8H,9H2,1-2H3. The van der Waals surface area contributed by atoms with E-state index < -0.39 is 21.6 Å². The number of carbonyl (C=O) groups is 1. The molecule has 0 aromatic heterocycles. The van der Waals surface area contributed by atoms with Crippen molar-refractivity contribution in [2.75, 3.05) is 6.26 Å². The number of hydrogen-bond acceptors (Lipinski definition) is 4. The summed E-state index contributed by atoms with van der Waals surface area (Å²) in [5.74, 6) is -1.03. The molecule has 0 amide bonds. The zero-order chi connectivity index (χ0) is 17.2. The number of aryl methyl sites for hydroxylation is 1. The van der Waals surface area contributed by atoms with E-state index in [1.165, 1.54) is 30.3 Å². The Balaban J connectivity index is 2.21. The fourth-order valence-corrected chi connectivity index (χ4v) is 3.02. The molecule has 0 aliphatic carbocycles. The van der Waals surface area contributed by atoms with Crippen LogP contribution in [0.1, 0.15) is 21.5 Å². The van der Waals surface area contributed by atoms with E-state index in [0.29, 0.717) is 15.6 Å². The van der Waals surface area contributed by atoms with Crippen molar-refractivity contribution in [3.8, 4) is 0 Å². The molecule has 0 bridgehead atoms. The quantitative estimate of drug-likeness (QED) is 0.734. The SMILES string of the molecule is Cc1ccc(S(C)(=O)=O)cc1C(=O)OCc1ccc(F)cc1Br. The first kappa shape index (κ1) is 17.6.